The number of aromatic nitrogens is 1. The zero-order valence-corrected chi connectivity index (χ0v) is 7.81. The summed E-state index contributed by atoms with van der Waals surface area (Å²) in [5, 5.41) is 12.5. The molecule has 0 aliphatic carbocycles. The maximum atomic E-state index is 10.9. The van der Waals surface area contributed by atoms with Crippen LogP contribution in [0.25, 0.3) is 0 Å². The SMILES string of the molecule is Cc1oncc1C(C(=O)O)N(C)C. The number of carbonyl (C=O) groups is 1. The average Bonchev–Trinajstić information content (AvgIpc) is 2.35. The van der Waals surface area contributed by atoms with Gasteiger partial charge in [0, 0.05) is 5.56 Å². The minimum atomic E-state index is -0.906. The van der Waals surface area contributed by atoms with E-state index in [4.69, 9.17) is 9.63 Å². The number of rotatable bonds is 3. The molecule has 1 N–H and O–H groups in total. The molecule has 0 fully saturated rings. The Labute approximate surface area is 75.9 Å². The molecule has 0 aliphatic rings. The van der Waals surface area contributed by atoms with E-state index in [1.807, 2.05) is 0 Å². The average molecular weight is 184 g/mol. The van der Waals surface area contributed by atoms with Gasteiger partial charge in [-0.25, -0.2) is 0 Å². The van der Waals surface area contributed by atoms with Gasteiger partial charge in [0.2, 0.25) is 0 Å². The molecule has 72 valence electrons. The van der Waals surface area contributed by atoms with Crippen molar-refractivity contribution < 1.29 is 14.4 Å². The fourth-order valence-corrected chi connectivity index (χ4v) is 1.20. The van der Waals surface area contributed by atoms with Crippen molar-refractivity contribution in [3.63, 3.8) is 0 Å². The molecule has 1 heterocycles. The minimum absolute atomic E-state index is 0.543. The summed E-state index contributed by atoms with van der Waals surface area (Å²) in [7, 11) is 3.40. The van der Waals surface area contributed by atoms with Gasteiger partial charge in [-0.15, -0.1) is 0 Å². The van der Waals surface area contributed by atoms with E-state index in [9.17, 15) is 4.79 Å². The largest absolute Gasteiger partial charge is 0.480 e. The summed E-state index contributed by atoms with van der Waals surface area (Å²) >= 11 is 0. The minimum Gasteiger partial charge on any atom is -0.480 e. The van der Waals surface area contributed by atoms with Crippen molar-refractivity contribution in [2.24, 2.45) is 0 Å². The highest BCUT2D eigenvalue weighted by Gasteiger charge is 2.25. The van der Waals surface area contributed by atoms with Crippen LogP contribution in [0.2, 0.25) is 0 Å². The van der Waals surface area contributed by atoms with Crippen LogP contribution in [0.1, 0.15) is 17.4 Å². The van der Waals surface area contributed by atoms with Gasteiger partial charge in [-0.05, 0) is 21.0 Å². The second-order valence-corrected chi connectivity index (χ2v) is 3.04. The normalized spacial score (nSPS) is 13.2. The lowest BCUT2D eigenvalue weighted by molar-refractivity contribution is -0.142. The van der Waals surface area contributed by atoms with E-state index in [2.05, 4.69) is 5.16 Å². The second-order valence-electron chi connectivity index (χ2n) is 3.04. The highest BCUT2D eigenvalue weighted by molar-refractivity contribution is 5.75. The first-order valence-electron chi connectivity index (χ1n) is 3.84. The second kappa shape index (κ2) is 3.57. The molecule has 13 heavy (non-hydrogen) atoms. The van der Waals surface area contributed by atoms with E-state index < -0.39 is 12.0 Å². The number of aryl methyl sites for hydroxylation is 1. The number of carboxylic acid groups (broad SMARTS) is 1. The number of carboxylic acids is 1. The first-order valence-corrected chi connectivity index (χ1v) is 3.84. The van der Waals surface area contributed by atoms with Gasteiger partial charge in [-0.3, -0.25) is 9.69 Å². The Morgan fingerprint density at radius 3 is 2.62 bits per heavy atom. The van der Waals surface area contributed by atoms with Crippen LogP contribution < -0.4 is 0 Å². The van der Waals surface area contributed by atoms with Crippen molar-refractivity contribution >= 4 is 5.97 Å². The molecule has 0 spiro atoms. The van der Waals surface area contributed by atoms with Crippen LogP contribution in [0.4, 0.5) is 0 Å². The topological polar surface area (TPSA) is 66.6 Å². The molecule has 0 radical (unpaired) electrons. The fourth-order valence-electron chi connectivity index (χ4n) is 1.20. The van der Waals surface area contributed by atoms with Gasteiger partial charge >= 0.3 is 5.97 Å². The number of hydrogen-bond donors (Lipinski definition) is 1. The molecule has 5 heteroatoms. The van der Waals surface area contributed by atoms with Crippen molar-refractivity contribution in [2.45, 2.75) is 13.0 Å². The van der Waals surface area contributed by atoms with Crippen LogP contribution in [0.5, 0.6) is 0 Å². The third-order valence-corrected chi connectivity index (χ3v) is 1.83. The predicted octanol–water partition coefficient (Wildman–Crippen LogP) is 0.670. The zero-order valence-electron chi connectivity index (χ0n) is 7.81. The monoisotopic (exact) mass is 184 g/mol. The Kier molecular flexibility index (Phi) is 2.67. The highest BCUT2D eigenvalue weighted by Crippen LogP contribution is 2.21. The molecule has 0 saturated heterocycles. The van der Waals surface area contributed by atoms with Gasteiger partial charge < -0.3 is 9.63 Å². The van der Waals surface area contributed by atoms with Crippen LogP contribution in [0.3, 0.4) is 0 Å². The number of likely N-dealkylation sites (N-methyl/N-ethyl adjacent to an activating group) is 1. The van der Waals surface area contributed by atoms with Crippen molar-refractivity contribution in [3.8, 4) is 0 Å². The molecular weight excluding hydrogens is 172 g/mol. The Hall–Kier alpha value is -1.36. The van der Waals surface area contributed by atoms with E-state index in [0.29, 0.717) is 11.3 Å². The van der Waals surface area contributed by atoms with E-state index in [1.165, 1.54) is 6.20 Å². The molecule has 5 nitrogen and oxygen atoms in total. The van der Waals surface area contributed by atoms with Gasteiger partial charge in [0.1, 0.15) is 11.8 Å². The van der Waals surface area contributed by atoms with Crippen LogP contribution in [-0.4, -0.2) is 35.2 Å². The van der Waals surface area contributed by atoms with E-state index in [-0.39, 0.29) is 0 Å². The summed E-state index contributed by atoms with van der Waals surface area (Å²) in [6, 6.07) is -0.689. The van der Waals surface area contributed by atoms with Crippen molar-refractivity contribution in [2.75, 3.05) is 14.1 Å². The molecule has 0 saturated carbocycles. The third-order valence-electron chi connectivity index (χ3n) is 1.83. The lowest BCUT2D eigenvalue weighted by Crippen LogP contribution is -2.27. The zero-order chi connectivity index (χ0) is 10.0. The van der Waals surface area contributed by atoms with E-state index >= 15 is 0 Å². The van der Waals surface area contributed by atoms with Gasteiger partial charge in [0.15, 0.2) is 0 Å². The molecule has 0 aromatic carbocycles. The number of nitrogens with zero attached hydrogens (tertiary/aromatic N) is 2. The Bertz CT molecular complexity index is 306. The summed E-state index contributed by atoms with van der Waals surface area (Å²) in [6.07, 6.45) is 1.44. The summed E-state index contributed by atoms with van der Waals surface area (Å²) in [5.74, 6) is -0.364. The lowest BCUT2D eigenvalue weighted by Gasteiger charge is -2.18. The smallest absolute Gasteiger partial charge is 0.325 e. The molecule has 1 rings (SSSR count). The van der Waals surface area contributed by atoms with Crippen LogP contribution in [0.15, 0.2) is 10.7 Å². The first-order chi connectivity index (χ1) is 6.04. The van der Waals surface area contributed by atoms with Crippen LogP contribution in [-0.2, 0) is 4.79 Å². The number of aliphatic carboxylic acids is 1. The van der Waals surface area contributed by atoms with E-state index in [1.54, 1.807) is 25.9 Å². The summed E-state index contributed by atoms with van der Waals surface area (Å²) in [5.41, 5.74) is 0.595. The Morgan fingerprint density at radius 2 is 2.31 bits per heavy atom. The lowest BCUT2D eigenvalue weighted by atomic mass is 10.1. The predicted molar refractivity (Wildman–Crippen MR) is 45.3 cm³/mol. The molecular formula is C8H12N2O3. The van der Waals surface area contributed by atoms with E-state index in [0.717, 1.165) is 0 Å². The Balaban J connectivity index is 3.02. The molecule has 1 atom stereocenters. The Morgan fingerprint density at radius 1 is 1.69 bits per heavy atom. The maximum Gasteiger partial charge on any atom is 0.325 e. The summed E-state index contributed by atoms with van der Waals surface area (Å²) < 4.78 is 4.81. The van der Waals surface area contributed by atoms with Crippen molar-refractivity contribution in [1.82, 2.24) is 10.1 Å². The quantitative estimate of drug-likeness (QED) is 0.747. The fraction of sp³-hybridized carbons (Fsp3) is 0.500. The van der Waals surface area contributed by atoms with Crippen LogP contribution in [0, 0.1) is 6.92 Å². The highest BCUT2D eigenvalue weighted by atomic mass is 16.5. The standard InChI is InChI=1S/C8H12N2O3/c1-5-6(4-9-13-5)7(8(11)12)10(2)3/h4,7H,1-3H3,(H,11,12). The summed E-state index contributed by atoms with van der Waals surface area (Å²) in [6.45, 7) is 1.70. The molecule has 1 aromatic heterocycles. The van der Waals surface area contributed by atoms with Crippen LogP contribution >= 0.6 is 0 Å². The van der Waals surface area contributed by atoms with Gasteiger partial charge in [-0.1, -0.05) is 5.16 Å². The van der Waals surface area contributed by atoms with Crippen molar-refractivity contribution in [1.29, 1.82) is 0 Å². The first kappa shape index (κ1) is 9.73. The van der Waals surface area contributed by atoms with Gasteiger partial charge in [-0.2, -0.15) is 0 Å². The molecule has 0 bridgehead atoms. The molecule has 0 amide bonds. The molecule has 1 unspecified atom stereocenters. The maximum absolute atomic E-state index is 10.9. The van der Waals surface area contributed by atoms with Gasteiger partial charge in [0.25, 0.3) is 0 Å². The number of hydrogen-bond acceptors (Lipinski definition) is 4. The third kappa shape index (κ3) is 1.86. The summed E-state index contributed by atoms with van der Waals surface area (Å²) in [4.78, 5) is 12.5. The van der Waals surface area contributed by atoms with Gasteiger partial charge in [0.05, 0.1) is 6.20 Å². The molecule has 0 aliphatic heterocycles. The molecule has 1 aromatic rings. The van der Waals surface area contributed by atoms with Crippen molar-refractivity contribution in [3.05, 3.63) is 17.5 Å².